The number of imidazole rings is 1. The molecule has 26 heavy (non-hydrogen) atoms. The normalized spacial score (nSPS) is 19.2. The fraction of sp³-hybridized carbons (Fsp3) is 0.438. The van der Waals surface area contributed by atoms with E-state index in [-0.39, 0.29) is 35.4 Å². The molecule has 1 unspecified atom stereocenters. The highest BCUT2D eigenvalue weighted by Gasteiger charge is 2.45. The van der Waals surface area contributed by atoms with Crippen LogP contribution in [0.3, 0.4) is 0 Å². The van der Waals surface area contributed by atoms with Crippen molar-refractivity contribution in [2.75, 3.05) is 6.61 Å². The summed E-state index contributed by atoms with van der Waals surface area (Å²) >= 11 is 5.84. The summed E-state index contributed by atoms with van der Waals surface area (Å²) in [6, 6.07) is 4.04. The summed E-state index contributed by atoms with van der Waals surface area (Å²) < 4.78 is 56.9. The number of halogens is 4. The molecule has 142 valence electrons. The molecule has 1 aromatic carbocycles. The van der Waals surface area contributed by atoms with Crippen molar-refractivity contribution in [1.82, 2.24) is 9.97 Å². The van der Waals surface area contributed by atoms with Crippen LogP contribution in [0.1, 0.15) is 36.0 Å². The molecule has 0 saturated heterocycles. The summed E-state index contributed by atoms with van der Waals surface area (Å²) in [6.07, 6.45) is -1.28. The third kappa shape index (κ3) is 4.11. The molecule has 2 atom stereocenters. The van der Waals surface area contributed by atoms with E-state index in [2.05, 4.69) is 9.97 Å². The average Bonchev–Trinajstić information content (AvgIpc) is 2.91. The van der Waals surface area contributed by atoms with Crippen molar-refractivity contribution < 1.29 is 22.1 Å². The Hall–Kier alpha value is -1.42. The van der Waals surface area contributed by atoms with Crippen LogP contribution in [-0.2, 0) is 15.7 Å². The molecule has 0 spiro atoms. The summed E-state index contributed by atoms with van der Waals surface area (Å²) in [5.74, 6) is -3.21. The second-order valence-corrected chi connectivity index (χ2v) is 7.76. The van der Waals surface area contributed by atoms with Crippen molar-refractivity contribution in [3.8, 4) is 0 Å². The van der Waals surface area contributed by atoms with Gasteiger partial charge in [-0.2, -0.15) is 0 Å². The Morgan fingerprint density at radius 3 is 2.73 bits per heavy atom. The van der Waals surface area contributed by atoms with E-state index in [9.17, 15) is 17.4 Å². The lowest BCUT2D eigenvalue weighted by Gasteiger charge is -2.35. The van der Waals surface area contributed by atoms with Crippen molar-refractivity contribution in [2.45, 2.75) is 36.8 Å². The topological polar surface area (TPSA) is 81.0 Å². The Bertz CT molecular complexity index is 838. The number of nitrogens with zero attached hydrogens (tertiary/aromatic N) is 1. The van der Waals surface area contributed by atoms with Gasteiger partial charge in [-0.15, -0.1) is 0 Å². The predicted molar refractivity (Wildman–Crippen MR) is 90.8 cm³/mol. The second kappa shape index (κ2) is 7.30. The summed E-state index contributed by atoms with van der Waals surface area (Å²) in [5.41, 5.74) is 0.989. The molecule has 3 N–H and O–H groups in total. The van der Waals surface area contributed by atoms with Gasteiger partial charge >= 0.3 is 0 Å². The average molecular weight is 408 g/mol. The molecule has 1 aromatic heterocycles. The lowest BCUT2D eigenvalue weighted by Crippen LogP contribution is -2.38. The zero-order valence-corrected chi connectivity index (χ0v) is 15.3. The smallest absolute Gasteiger partial charge is 0.248 e. The number of nitrogens with one attached hydrogen (secondary N) is 1. The summed E-state index contributed by atoms with van der Waals surface area (Å²) in [4.78, 5) is 7.14. The number of benzene rings is 1. The molecule has 3 rings (SSSR count). The van der Waals surface area contributed by atoms with Crippen LogP contribution in [0.4, 0.5) is 13.2 Å². The minimum atomic E-state index is -2.65. The first-order valence-corrected chi connectivity index (χ1v) is 9.42. The van der Waals surface area contributed by atoms with E-state index < -0.39 is 28.8 Å². The minimum Gasteiger partial charge on any atom is -0.365 e. The molecule has 1 saturated carbocycles. The van der Waals surface area contributed by atoms with Gasteiger partial charge in [-0.1, -0.05) is 17.7 Å². The third-order valence-corrected chi connectivity index (χ3v) is 5.29. The van der Waals surface area contributed by atoms with Crippen molar-refractivity contribution in [2.24, 2.45) is 11.1 Å². The van der Waals surface area contributed by atoms with Crippen molar-refractivity contribution >= 4 is 22.6 Å². The third-order valence-electron chi connectivity index (χ3n) is 4.22. The van der Waals surface area contributed by atoms with Crippen LogP contribution in [0.25, 0.3) is 0 Å². The molecule has 2 aromatic rings. The molecule has 1 heterocycles. The Morgan fingerprint density at radius 2 is 2.19 bits per heavy atom. The molecule has 0 amide bonds. The van der Waals surface area contributed by atoms with Gasteiger partial charge in [0.25, 0.3) is 0 Å². The number of nitrogens with two attached hydrogens (primary N) is 1. The number of aryl methyl sites for hydroxylation is 1. The van der Waals surface area contributed by atoms with Crippen molar-refractivity contribution in [3.05, 3.63) is 46.1 Å². The predicted octanol–water partition coefficient (Wildman–Crippen LogP) is 3.64. The van der Waals surface area contributed by atoms with Crippen molar-refractivity contribution in [3.63, 3.8) is 0 Å². The maximum absolute atomic E-state index is 13.5. The standard InChI is InChI=1S/C16H17ClF3N3O2S/c1-8-15(26(21)24)23-14(22-8)13(10-2-3-12(18)11(17)4-10)25-7-9-5-16(19,20)6-9/h2-4,9,13H,5-7,21H2,1H3,(H,22,23)/t13-,26?/m1/s1. The molecule has 0 radical (unpaired) electrons. The summed E-state index contributed by atoms with van der Waals surface area (Å²) in [5, 5.41) is 5.45. The molecular weight excluding hydrogens is 391 g/mol. The van der Waals surface area contributed by atoms with Crippen LogP contribution in [0.5, 0.6) is 0 Å². The van der Waals surface area contributed by atoms with Crippen LogP contribution >= 0.6 is 11.6 Å². The maximum Gasteiger partial charge on any atom is 0.248 e. The lowest BCUT2D eigenvalue weighted by molar-refractivity contribution is -0.133. The number of aromatic nitrogens is 2. The van der Waals surface area contributed by atoms with Gasteiger partial charge in [-0.25, -0.2) is 27.5 Å². The zero-order valence-electron chi connectivity index (χ0n) is 13.8. The number of ether oxygens (including phenoxy) is 1. The molecule has 0 bridgehead atoms. The van der Waals surface area contributed by atoms with E-state index in [0.717, 1.165) is 0 Å². The summed E-state index contributed by atoms with van der Waals surface area (Å²) in [6.45, 7) is 1.73. The maximum atomic E-state index is 13.5. The van der Waals surface area contributed by atoms with E-state index in [4.69, 9.17) is 21.5 Å². The first-order chi connectivity index (χ1) is 12.2. The fourth-order valence-electron chi connectivity index (χ4n) is 2.93. The zero-order chi connectivity index (χ0) is 19.1. The Morgan fingerprint density at radius 1 is 1.50 bits per heavy atom. The number of hydrogen-bond donors (Lipinski definition) is 2. The van der Waals surface area contributed by atoms with Crippen LogP contribution in [0.15, 0.2) is 23.2 Å². The Labute approximate surface area is 155 Å². The van der Waals surface area contributed by atoms with Gasteiger partial charge < -0.3 is 9.72 Å². The van der Waals surface area contributed by atoms with Gasteiger partial charge in [0.05, 0.1) is 11.6 Å². The molecule has 1 fully saturated rings. The Balaban J connectivity index is 1.87. The largest absolute Gasteiger partial charge is 0.365 e. The van der Waals surface area contributed by atoms with Crippen LogP contribution in [0.2, 0.25) is 5.02 Å². The van der Waals surface area contributed by atoms with E-state index in [1.807, 2.05) is 0 Å². The number of rotatable bonds is 6. The van der Waals surface area contributed by atoms with Gasteiger partial charge in [0.1, 0.15) is 28.7 Å². The first-order valence-electron chi connectivity index (χ1n) is 7.83. The number of alkyl halides is 2. The monoisotopic (exact) mass is 407 g/mol. The lowest BCUT2D eigenvalue weighted by atomic mass is 9.82. The van der Waals surface area contributed by atoms with Crippen molar-refractivity contribution in [1.29, 1.82) is 0 Å². The van der Waals surface area contributed by atoms with Gasteiger partial charge in [-0.05, 0) is 30.5 Å². The molecular formula is C16H17ClF3N3O2S. The summed E-state index contributed by atoms with van der Waals surface area (Å²) in [7, 11) is -1.80. The molecule has 1 aliphatic carbocycles. The minimum absolute atomic E-state index is 0.0794. The van der Waals surface area contributed by atoms with Gasteiger partial charge in [0.2, 0.25) is 5.92 Å². The molecule has 5 nitrogen and oxygen atoms in total. The highest BCUT2D eigenvalue weighted by Crippen LogP contribution is 2.43. The highest BCUT2D eigenvalue weighted by atomic mass is 35.5. The van der Waals surface area contributed by atoms with E-state index in [1.54, 1.807) is 6.92 Å². The number of H-pyrrole nitrogens is 1. The van der Waals surface area contributed by atoms with Gasteiger partial charge in [-0.3, -0.25) is 0 Å². The van der Waals surface area contributed by atoms with Crippen LogP contribution in [0, 0.1) is 18.7 Å². The number of hydrogen-bond acceptors (Lipinski definition) is 3. The van der Waals surface area contributed by atoms with Gasteiger partial charge in [0, 0.05) is 18.5 Å². The Kier molecular flexibility index (Phi) is 5.43. The SMILES string of the molecule is Cc1[nH]c([C@H](OCC2CC(F)(F)C2)c2ccc(F)c(Cl)c2)nc1S(N)=O. The van der Waals surface area contributed by atoms with E-state index >= 15 is 0 Å². The molecule has 0 aliphatic heterocycles. The number of aromatic amines is 1. The van der Waals surface area contributed by atoms with E-state index in [1.165, 1.54) is 18.2 Å². The van der Waals surface area contributed by atoms with Crippen LogP contribution < -0.4 is 5.14 Å². The fourth-order valence-corrected chi connectivity index (χ4v) is 3.66. The highest BCUT2D eigenvalue weighted by molar-refractivity contribution is 7.82. The molecule has 1 aliphatic rings. The quantitative estimate of drug-likeness (QED) is 0.767. The van der Waals surface area contributed by atoms with Gasteiger partial charge in [0.15, 0.2) is 5.03 Å². The second-order valence-electron chi connectivity index (χ2n) is 6.37. The first kappa shape index (κ1) is 19.3. The van der Waals surface area contributed by atoms with E-state index in [0.29, 0.717) is 17.1 Å². The van der Waals surface area contributed by atoms with Crippen LogP contribution in [-0.4, -0.2) is 26.7 Å². The molecule has 10 heteroatoms.